The van der Waals surface area contributed by atoms with E-state index in [1.165, 1.54) is 0 Å². The summed E-state index contributed by atoms with van der Waals surface area (Å²) in [5, 5.41) is 3.05. The maximum Gasteiger partial charge on any atom is 0.268 e. The Morgan fingerprint density at radius 2 is 2.15 bits per heavy atom. The molecule has 2 amide bonds. The molecule has 2 heterocycles. The number of rotatable bonds is 3. The number of carbonyl (C=O) groups is 2. The van der Waals surface area contributed by atoms with E-state index in [4.69, 9.17) is 0 Å². The highest BCUT2D eigenvalue weighted by Crippen LogP contribution is 2.37. The van der Waals surface area contributed by atoms with Crippen molar-refractivity contribution in [3.05, 3.63) is 22.4 Å². The molecule has 0 spiro atoms. The van der Waals surface area contributed by atoms with E-state index in [1.54, 1.807) is 11.9 Å². The molecule has 1 aromatic rings. The molecule has 1 saturated heterocycles. The molecular formula is C14H18BrN3O2. The van der Waals surface area contributed by atoms with Crippen molar-refractivity contribution in [3.63, 3.8) is 0 Å². The van der Waals surface area contributed by atoms with Crippen molar-refractivity contribution in [3.8, 4) is 0 Å². The van der Waals surface area contributed by atoms with Gasteiger partial charge in [0.05, 0.1) is 0 Å². The Labute approximate surface area is 126 Å². The Bertz CT molecular complexity index is 551. The molecule has 0 aromatic carbocycles. The first-order chi connectivity index (χ1) is 9.54. The Balaban J connectivity index is 1.69. The second kappa shape index (κ2) is 5.24. The molecule has 20 heavy (non-hydrogen) atoms. The average Bonchev–Trinajstić information content (AvgIpc) is 3.17. The van der Waals surface area contributed by atoms with Crippen molar-refractivity contribution < 1.29 is 9.59 Å². The van der Waals surface area contributed by atoms with Crippen LogP contribution in [0.5, 0.6) is 0 Å². The summed E-state index contributed by atoms with van der Waals surface area (Å²) in [5.74, 6) is 0.106. The monoisotopic (exact) mass is 339 g/mol. The Morgan fingerprint density at radius 1 is 1.40 bits per heavy atom. The van der Waals surface area contributed by atoms with Gasteiger partial charge in [-0.2, -0.15) is 0 Å². The molecule has 1 N–H and O–H groups in total. The first kappa shape index (κ1) is 13.7. The lowest BCUT2D eigenvalue weighted by atomic mass is 10.1. The third-order valence-corrected chi connectivity index (χ3v) is 4.38. The minimum absolute atomic E-state index is 0.0460. The van der Waals surface area contributed by atoms with Crippen molar-refractivity contribution in [2.75, 3.05) is 13.6 Å². The lowest BCUT2D eigenvalue weighted by Crippen LogP contribution is -2.48. The van der Waals surface area contributed by atoms with Crippen LogP contribution in [0.1, 0.15) is 42.2 Å². The predicted molar refractivity (Wildman–Crippen MR) is 78.5 cm³/mol. The average molecular weight is 340 g/mol. The topological polar surface area (TPSA) is 54.3 Å². The number of piperidine rings is 1. The van der Waals surface area contributed by atoms with Crippen LogP contribution in [0.4, 0.5) is 0 Å². The number of nitrogens with zero attached hydrogens (tertiary/aromatic N) is 2. The van der Waals surface area contributed by atoms with Gasteiger partial charge in [-0.1, -0.05) is 0 Å². The molecule has 2 aliphatic rings. The summed E-state index contributed by atoms with van der Waals surface area (Å²) in [7, 11) is 1.78. The van der Waals surface area contributed by atoms with E-state index in [0.717, 1.165) is 23.7 Å². The van der Waals surface area contributed by atoms with Gasteiger partial charge in [-0.15, -0.1) is 0 Å². The first-order valence-corrected chi connectivity index (χ1v) is 7.76. The first-order valence-electron chi connectivity index (χ1n) is 6.97. The highest BCUT2D eigenvalue weighted by Gasteiger charge is 2.29. The SMILES string of the molecule is CN1CC(NC(=O)c2cc(Br)cn2C2CC2)CCC1=O. The number of nitrogens with one attached hydrogen (secondary N) is 1. The maximum atomic E-state index is 12.4. The predicted octanol–water partition coefficient (Wildman–Crippen LogP) is 1.94. The minimum atomic E-state index is -0.0460. The molecule has 5 nitrogen and oxygen atoms in total. The van der Waals surface area contributed by atoms with Crippen LogP contribution in [-0.4, -0.2) is 40.9 Å². The molecule has 108 valence electrons. The molecule has 1 atom stereocenters. The van der Waals surface area contributed by atoms with Gasteiger partial charge in [0.2, 0.25) is 5.91 Å². The normalized spacial score (nSPS) is 23.0. The lowest BCUT2D eigenvalue weighted by molar-refractivity contribution is -0.132. The number of halogens is 1. The zero-order chi connectivity index (χ0) is 14.3. The van der Waals surface area contributed by atoms with Gasteiger partial charge >= 0.3 is 0 Å². The Morgan fingerprint density at radius 3 is 2.80 bits per heavy atom. The van der Waals surface area contributed by atoms with Crippen LogP contribution in [0.2, 0.25) is 0 Å². The summed E-state index contributed by atoms with van der Waals surface area (Å²) < 4.78 is 2.99. The Kier molecular flexibility index (Phi) is 3.58. The fourth-order valence-electron chi connectivity index (χ4n) is 2.67. The molecule has 0 bridgehead atoms. The minimum Gasteiger partial charge on any atom is -0.346 e. The highest BCUT2D eigenvalue weighted by atomic mass is 79.9. The summed E-state index contributed by atoms with van der Waals surface area (Å²) in [6, 6.07) is 2.38. The van der Waals surface area contributed by atoms with Crippen LogP contribution in [0.3, 0.4) is 0 Å². The van der Waals surface area contributed by atoms with Crippen molar-refractivity contribution in [1.82, 2.24) is 14.8 Å². The van der Waals surface area contributed by atoms with E-state index < -0.39 is 0 Å². The van der Waals surface area contributed by atoms with Crippen LogP contribution in [0.15, 0.2) is 16.7 Å². The van der Waals surface area contributed by atoms with E-state index in [9.17, 15) is 9.59 Å². The molecule has 0 radical (unpaired) electrons. The number of hydrogen-bond donors (Lipinski definition) is 1. The standard InChI is InChI=1S/C14H18BrN3O2/c1-17-8-10(2-5-13(17)19)16-14(20)12-6-9(15)7-18(12)11-3-4-11/h6-7,10-11H,2-5,8H2,1H3,(H,16,20). The summed E-state index contributed by atoms with van der Waals surface area (Å²) >= 11 is 3.44. The number of hydrogen-bond acceptors (Lipinski definition) is 2. The van der Waals surface area contributed by atoms with Crippen molar-refractivity contribution in [1.29, 1.82) is 0 Å². The van der Waals surface area contributed by atoms with Gasteiger partial charge in [-0.05, 0) is 41.3 Å². The van der Waals surface area contributed by atoms with E-state index in [1.807, 2.05) is 12.3 Å². The van der Waals surface area contributed by atoms with Gasteiger partial charge in [-0.25, -0.2) is 0 Å². The molecule has 2 fully saturated rings. The van der Waals surface area contributed by atoms with Crippen LogP contribution in [-0.2, 0) is 4.79 Å². The summed E-state index contributed by atoms with van der Waals surface area (Å²) in [6.07, 6.45) is 5.49. The van der Waals surface area contributed by atoms with Gasteiger partial charge in [0, 0.05) is 42.8 Å². The van der Waals surface area contributed by atoms with Gasteiger partial charge in [0.15, 0.2) is 0 Å². The lowest BCUT2D eigenvalue weighted by Gasteiger charge is -2.30. The second-order valence-electron chi connectivity index (χ2n) is 5.67. The van der Waals surface area contributed by atoms with E-state index in [-0.39, 0.29) is 17.9 Å². The third-order valence-electron chi connectivity index (χ3n) is 3.95. The van der Waals surface area contributed by atoms with E-state index >= 15 is 0 Å². The molecule has 1 aliphatic carbocycles. The third kappa shape index (κ3) is 2.75. The molecule has 1 aromatic heterocycles. The fraction of sp³-hybridized carbons (Fsp3) is 0.571. The molecule has 3 rings (SSSR count). The summed E-state index contributed by atoms with van der Waals surface area (Å²) in [6.45, 7) is 0.593. The van der Waals surface area contributed by atoms with Gasteiger partial charge in [0.1, 0.15) is 5.69 Å². The van der Waals surface area contributed by atoms with Crippen molar-refractivity contribution in [2.45, 2.75) is 37.8 Å². The van der Waals surface area contributed by atoms with E-state index in [2.05, 4.69) is 25.8 Å². The van der Waals surface area contributed by atoms with Crippen LogP contribution in [0.25, 0.3) is 0 Å². The number of carbonyl (C=O) groups excluding carboxylic acids is 2. The Hall–Kier alpha value is -1.30. The van der Waals surface area contributed by atoms with E-state index in [0.29, 0.717) is 24.7 Å². The number of likely N-dealkylation sites (N-methyl/N-ethyl adjacent to an activating group) is 1. The maximum absolute atomic E-state index is 12.4. The van der Waals surface area contributed by atoms with Gasteiger partial charge in [-0.3, -0.25) is 9.59 Å². The molecule has 6 heteroatoms. The summed E-state index contributed by atoms with van der Waals surface area (Å²) in [5.41, 5.74) is 0.707. The highest BCUT2D eigenvalue weighted by molar-refractivity contribution is 9.10. The quantitative estimate of drug-likeness (QED) is 0.914. The summed E-state index contributed by atoms with van der Waals surface area (Å²) in [4.78, 5) is 25.5. The largest absolute Gasteiger partial charge is 0.346 e. The molecule has 1 saturated carbocycles. The zero-order valence-corrected chi connectivity index (χ0v) is 13.0. The van der Waals surface area contributed by atoms with Gasteiger partial charge < -0.3 is 14.8 Å². The van der Waals surface area contributed by atoms with Gasteiger partial charge in [0.25, 0.3) is 5.91 Å². The number of aromatic nitrogens is 1. The van der Waals surface area contributed by atoms with Crippen LogP contribution < -0.4 is 5.32 Å². The fourth-order valence-corrected chi connectivity index (χ4v) is 3.11. The van der Waals surface area contributed by atoms with Crippen molar-refractivity contribution >= 4 is 27.7 Å². The smallest absolute Gasteiger partial charge is 0.268 e. The van der Waals surface area contributed by atoms with Crippen molar-refractivity contribution in [2.24, 2.45) is 0 Å². The number of likely N-dealkylation sites (tertiary alicyclic amines) is 1. The molecule has 1 unspecified atom stereocenters. The second-order valence-corrected chi connectivity index (χ2v) is 6.58. The number of amides is 2. The van der Waals surface area contributed by atoms with Crippen LogP contribution >= 0.6 is 15.9 Å². The molecular weight excluding hydrogens is 322 g/mol. The van der Waals surface area contributed by atoms with Crippen LogP contribution in [0, 0.1) is 0 Å². The molecule has 1 aliphatic heterocycles. The zero-order valence-electron chi connectivity index (χ0n) is 11.4.